The normalized spacial score (nSPS) is 14.8. The number of hydrazine groups is 1. The Bertz CT molecular complexity index is 714. The molecule has 0 aliphatic heterocycles. The highest BCUT2D eigenvalue weighted by Crippen LogP contribution is 2.47. The van der Waals surface area contributed by atoms with Gasteiger partial charge < -0.3 is 14.2 Å². The van der Waals surface area contributed by atoms with Crippen molar-refractivity contribution in [3.05, 3.63) is 23.8 Å². The summed E-state index contributed by atoms with van der Waals surface area (Å²) in [4.78, 5) is 46.5. The number of aliphatic carboxylic acids is 1. The number of hydrogen-bond acceptors (Lipinski definition) is 7. The van der Waals surface area contributed by atoms with Gasteiger partial charge in [0, 0.05) is 6.42 Å². The van der Waals surface area contributed by atoms with Crippen LogP contribution in [0.1, 0.15) is 12.5 Å². The van der Waals surface area contributed by atoms with Crippen molar-refractivity contribution in [2.24, 2.45) is 5.84 Å². The third-order valence-electron chi connectivity index (χ3n) is 2.79. The van der Waals surface area contributed by atoms with E-state index in [0.717, 1.165) is 12.1 Å². The molecule has 136 valence electrons. The standard InChI is InChI=1S/C10H16N2O10P2/c1-10(12-11,9(13)14)5-6-2-3-7(21-23(15,16)17)8(4-6)22-24(18,19)20/h2-4,12H,5,11H2,1H3,(H,13,14)(H2,15,16,17)(H2,18,19,20). The van der Waals surface area contributed by atoms with Gasteiger partial charge in [-0.3, -0.25) is 30.2 Å². The molecule has 0 aliphatic carbocycles. The second-order valence-electron chi connectivity index (χ2n) is 4.90. The lowest BCUT2D eigenvalue weighted by atomic mass is 9.93. The van der Waals surface area contributed by atoms with E-state index in [4.69, 9.17) is 30.5 Å². The maximum absolute atomic E-state index is 11.2. The minimum absolute atomic E-state index is 0.194. The molecule has 0 saturated heterocycles. The van der Waals surface area contributed by atoms with E-state index in [1.807, 2.05) is 0 Å². The maximum Gasteiger partial charge on any atom is 0.524 e. The van der Waals surface area contributed by atoms with Gasteiger partial charge in [0.25, 0.3) is 0 Å². The molecule has 8 N–H and O–H groups in total. The molecule has 12 nitrogen and oxygen atoms in total. The fraction of sp³-hybridized carbons (Fsp3) is 0.300. The second-order valence-corrected chi connectivity index (χ2v) is 7.23. The monoisotopic (exact) mass is 386 g/mol. The van der Waals surface area contributed by atoms with Gasteiger partial charge in [-0.1, -0.05) is 6.07 Å². The summed E-state index contributed by atoms with van der Waals surface area (Å²) in [5.41, 5.74) is 0.685. The van der Waals surface area contributed by atoms with Crippen LogP contribution in [0.25, 0.3) is 0 Å². The van der Waals surface area contributed by atoms with Gasteiger partial charge >= 0.3 is 21.6 Å². The maximum atomic E-state index is 11.2. The molecule has 1 atom stereocenters. The molecule has 0 saturated carbocycles. The quantitative estimate of drug-likeness (QED) is 0.171. The summed E-state index contributed by atoms with van der Waals surface area (Å²) >= 11 is 0. The molecule has 1 aromatic carbocycles. The SMILES string of the molecule is CC(Cc1ccc(OP(=O)(O)O)c(OP(=O)(O)O)c1)(NN)C(=O)O. The summed E-state index contributed by atoms with van der Waals surface area (Å²) < 4.78 is 30.5. The van der Waals surface area contributed by atoms with Crippen molar-refractivity contribution in [2.45, 2.75) is 18.9 Å². The Balaban J connectivity index is 3.27. The molecule has 0 heterocycles. The van der Waals surface area contributed by atoms with Gasteiger partial charge in [-0.15, -0.1) is 0 Å². The number of nitrogens with one attached hydrogen (secondary N) is 1. The fourth-order valence-corrected chi connectivity index (χ4v) is 2.47. The molecule has 1 rings (SSSR count). The Hall–Kier alpha value is -1.49. The smallest absolute Gasteiger partial charge is 0.480 e. The highest BCUT2D eigenvalue weighted by molar-refractivity contribution is 7.47. The van der Waals surface area contributed by atoms with E-state index in [0.29, 0.717) is 0 Å². The number of carboxylic acid groups (broad SMARTS) is 1. The van der Waals surface area contributed by atoms with E-state index in [1.54, 1.807) is 0 Å². The van der Waals surface area contributed by atoms with E-state index in [2.05, 4.69) is 14.5 Å². The predicted octanol–water partition coefficient (Wildman–Crippen LogP) is -0.521. The molecule has 1 unspecified atom stereocenters. The molecular weight excluding hydrogens is 370 g/mol. The van der Waals surface area contributed by atoms with Crippen LogP contribution in [0.3, 0.4) is 0 Å². The number of phosphoric ester groups is 2. The molecule has 14 heteroatoms. The van der Waals surface area contributed by atoms with Crippen molar-refractivity contribution in [1.29, 1.82) is 0 Å². The summed E-state index contributed by atoms with van der Waals surface area (Å²) in [5.74, 6) is 2.60. The van der Waals surface area contributed by atoms with E-state index >= 15 is 0 Å². The zero-order valence-corrected chi connectivity index (χ0v) is 14.0. The van der Waals surface area contributed by atoms with Crippen LogP contribution in [0.5, 0.6) is 11.5 Å². The van der Waals surface area contributed by atoms with Crippen LogP contribution >= 0.6 is 15.6 Å². The third-order valence-corrected chi connectivity index (χ3v) is 3.66. The fourth-order valence-electron chi connectivity index (χ4n) is 1.66. The molecule has 0 radical (unpaired) electrons. The number of phosphoric acid groups is 2. The Labute approximate surface area is 135 Å². The number of rotatable bonds is 8. The number of carboxylic acids is 1. The van der Waals surface area contributed by atoms with Gasteiger partial charge in [0.15, 0.2) is 11.5 Å². The highest BCUT2D eigenvalue weighted by Gasteiger charge is 2.33. The summed E-state index contributed by atoms with van der Waals surface area (Å²) in [6, 6.07) is 3.18. The average molecular weight is 386 g/mol. The third kappa shape index (κ3) is 6.19. The van der Waals surface area contributed by atoms with Crippen molar-refractivity contribution < 1.29 is 47.7 Å². The lowest BCUT2D eigenvalue weighted by molar-refractivity contribution is -0.144. The van der Waals surface area contributed by atoms with Crippen LogP contribution in [-0.2, 0) is 20.3 Å². The van der Waals surface area contributed by atoms with E-state index in [-0.39, 0.29) is 12.0 Å². The zero-order valence-electron chi connectivity index (χ0n) is 12.2. The van der Waals surface area contributed by atoms with Gasteiger partial charge in [0.05, 0.1) is 0 Å². The predicted molar refractivity (Wildman–Crippen MR) is 78.9 cm³/mol. The summed E-state index contributed by atoms with van der Waals surface area (Å²) in [6.45, 7) is 1.26. The molecule has 0 amide bonds. The first-order valence-electron chi connectivity index (χ1n) is 6.10. The van der Waals surface area contributed by atoms with E-state index in [9.17, 15) is 13.9 Å². The molecule has 0 spiro atoms. The van der Waals surface area contributed by atoms with Gasteiger partial charge in [0.1, 0.15) is 5.54 Å². The van der Waals surface area contributed by atoms with Crippen molar-refractivity contribution in [3.63, 3.8) is 0 Å². The number of carbonyl (C=O) groups is 1. The summed E-state index contributed by atoms with van der Waals surface area (Å²) in [6.07, 6.45) is -0.230. The molecule has 0 aliphatic rings. The van der Waals surface area contributed by atoms with Crippen molar-refractivity contribution in [2.75, 3.05) is 0 Å². The Morgan fingerprint density at radius 2 is 1.67 bits per heavy atom. The van der Waals surface area contributed by atoms with Gasteiger partial charge in [-0.05, 0) is 24.6 Å². The molecular formula is C10H16N2O10P2. The highest BCUT2D eigenvalue weighted by atomic mass is 31.2. The van der Waals surface area contributed by atoms with Gasteiger partial charge in [-0.2, -0.15) is 0 Å². The topological polar surface area (TPSA) is 209 Å². The van der Waals surface area contributed by atoms with Crippen molar-refractivity contribution in [3.8, 4) is 11.5 Å². The van der Waals surface area contributed by atoms with Crippen LogP contribution in [0.4, 0.5) is 0 Å². The van der Waals surface area contributed by atoms with Crippen LogP contribution in [0, 0.1) is 0 Å². The first-order chi connectivity index (χ1) is 10.8. The largest absolute Gasteiger partial charge is 0.524 e. The lowest BCUT2D eigenvalue weighted by Gasteiger charge is -2.24. The molecule has 24 heavy (non-hydrogen) atoms. The van der Waals surface area contributed by atoms with Crippen molar-refractivity contribution >= 4 is 21.6 Å². The van der Waals surface area contributed by atoms with Gasteiger partial charge in [-0.25, -0.2) is 14.6 Å². The van der Waals surface area contributed by atoms with E-state index < -0.39 is 38.7 Å². The Kier molecular flexibility index (Phi) is 6.15. The summed E-state index contributed by atoms with van der Waals surface area (Å²) in [7, 11) is -10.1. The van der Waals surface area contributed by atoms with Crippen LogP contribution in [0.15, 0.2) is 18.2 Å². The van der Waals surface area contributed by atoms with E-state index in [1.165, 1.54) is 13.0 Å². The average Bonchev–Trinajstić information content (AvgIpc) is 2.38. The van der Waals surface area contributed by atoms with Crippen LogP contribution in [-0.4, -0.2) is 36.2 Å². The number of benzene rings is 1. The number of hydrogen-bond donors (Lipinski definition) is 7. The molecule has 0 bridgehead atoms. The minimum atomic E-state index is -5.07. The molecule has 0 aromatic heterocycles. The number of nitrogens with two attached hydrogens (primary N) is 1. The molecule has 1 aromatic rings. The van der Waals surface area contributed by atoms with Crippen molar-refractivity contribution in [1.82, 2.24) is 5.43 Å². The molecule has 0 fully saturated rings. The minimum Gasteiger partial charge on any atom is -0.480 e. The Morgan fingerprint density at radius 1 is 1.17 bits per heavy atom. The zero-order chi connectivity index (χ0) is 18.8. The van der Waals surface area contributed by atoms with Gasteiger partial charge in [0.2, 0.25) is 0 Å². The van der Waals surface area contributed by atoms with Crippen LogP contribution < -0.4 is 20.3 Å². The summed E-state index contributed by atoms with van der Waals surface area (Å²) in [5, 5.41) is 9.13. The first kappa shape index (κ1) is 20.6. The second kappa shape index (κ2) is 7.18. The lowest BCUT2D eigenvalue weighted by Crippen LogP contribution is -2.54. The Morgan fingerprint density at radius 3 is 2.08 bits per heavy atom. The van der Waals surface area contributed by atoms with Crippen LogP contribution in [0.2, 0.25) is 0 Å². The first-order valence-corrected chi connectivity index (χ1v) is 9.16.